The summed E-state index contributed by atoms with van der Waals surface area (Å²) in [5.74, 6) is 1.85. The monoisotopic (exact) mass is 231 g/mol. The molecule has 0 aliphatic heterocycles. The second-order valence-electron chi connectivity index (χ2n) is 3.59. The van der Waals surface area contributed by atoms with Crippen LogP contribution in [0.1, 0.15) is 11.5 Å². The molecule has 0 amide bonds. The van der Waals surface area contributed by atoms with E-state index in [1.165, 1.54) is 0 Å². The summed E-state index contributed by atoms with van der Waals surface area (Å²) in [4.78, 5) is 14.8. The fraction of sp³-hybridized carbons (Fsp3) is 0.231. The molecule has 0 N–H and O–H groups in total. The Morgan fingerprint density at radius 2 is 2.18 bits per heavy atom. The van der Waals surface area contributed by atoms with Crippen molar-refractivity contribution in [3.63, 3.8) is 0 Å². The maximum Gasteiger partial charge on any atom is 0.230 e. The molecule has 0 saturated carbocycles. The lowest BCUT2D eigenvalue weighted by molar-refractivity contribution is -0.107. The maximum absolute atomic E-state index is 10.5. The van der Waals surface area contributed by atoms with Gasteiger partial charge in [0.2, 0.25) is 5.89 Å². The number of ether oxygens (including phenoxy) is 1. The average molecular weight is 231 g/mol. The molecule has 1 aromatic carbocycles. The molecule has 0 radical (unpaired) electrons. The summed E-state index contributed by atoms with van der Waals surface area (Å²) in [5.41, 5.74) is 1.45. The number of hydrogen-bond acceptors (Lipinski definition) is 4. The highest BCUT2D eigenvalue weighted by molar-refractivity contribution is 5.63. The number of aromatic nitrogens is 1. The SMILES string of the molecule is COc1ccccc1-c1nc(CC=O)c(C)o1. The minimum atomic E-state index is 0.268. The van der Waals surface area contributed by atoms with Gasteiger partial charge < -0.3 is 13.9 Å². The number of carbonyl (C=O) groups is 1. The Morgan fingerprint density at radius 1 is 1.41 bits per heavy atom. The van der Waals surface area contributed by atoms with Crippen LogP contribution in [0.15, 0.2) is 28.7 Å². The highest BCUT2D eigenvalue weighted by Gasteiger charge is 2.14. The van der Waals surface area contributed by atoms with E-state index in [-0.39, 0.29) is 6.42 Å². The van der Waals surface area contributed by atoms with Crippen molar-refractivity contribution in [2.24, 2.45) is 0 Å². The molecule has 88 valence electrons. The summed E-state index contributed by atoms with van der Waals surface area (Å²) >= 11 is 0. The molecule has 0 saturated heterocycles. The normalized spacial score (nSPS) is 10.2. The lowest BCUT2D eigenvalue weighted by atomic mass is 10.2. The van der Waals surface area contributed by atoms with E-state index in [4.69, 9.17) is 9.15 Å². The molecule has 4 nitrogen and oxygen atoms in total. The van der Waals surface area contributed by atoms with E-state index in [9.17, 15) is 4.79 Å². The zero-order valence-electron chi connectivity index (χ0n) is 9.77. The van der Waals surface area contributed by atoms with E-state index in [1.807, 2.05) is 24.3 Å². The van der Waals surface area contributed by atoms with Crippen molar-refractivity contribution in [1.82, 2.24) is 4.98 Å². The Labute approximate surface area is 99.2 Å². The number of aryl methyl sites for hydroxylation is 1. The van der Waals surface area contributed by atoms with Crippen molar-refractivity contribution >= 4 is 6.29 Å². The van der Waals surface area contributed by atoms with Gasteiger partial charge in [0, 0.05) is 6.42 Å². The number of nitrogens with zero attached hydrogens (tertiary/aromatic N) is 1. The third-order valence-corrected chi connectivity index (χ3v) is 2.51. The number of oxazole rings is 1. The van der Waals surface area contributed by atoms with E-state index in [1.54, 1.807) is 14.0 Å². The van der Waals surface area contributed by atoms with Crippen LogP contribution >= 0.6 is 0 Å². The number of rotatable bonds is 4. The molecule has 0 spiro atoms. The maximum atomic E-state index is 10.5. The molecular formula is C13H13NO3. The van der Waals surface area contributed by atoms with Crippen LogP contribution in [0.2, 0.25) is 0 Å². The highest BCUT2D eigenvalue weighted by atomic mass is 16.5. The van der Waals surface area contributed by atoms with Gasteiger partial charge in [-0.2, -0.15) is 0 Å². The largest absolute Gasteiger partial charge is 0.496 e. The molecule has 0 unspecified atom stereocenters. The number of methoxy groups -OCH3 is 1. The topological polar surface area (TPSA) is 52.3 Å². The van der Waals surface area contributed by atoms with Crippen molar-refractivity contribution in [2.45, 2.75) is 13.3 Å². The lowest BCUT2D eigenvalue weighted by Crippen LogP contribution is -1.90. The molecular weight excluding hydrogens is 218 g/mol. The predicted molar refractivity (Wildman–Crippen MR) is 63.0 cm³/mol. The summed E-state index contributed by atoms with van der Waals surface area (Å²) in [7, 11) is 1.60. The van der Waals surface area contributed by atoms with Gasteiger partial charge in [-0.05, 0) is 19.1 Å². The van der Waals surface area contributed by atoms with Crippen molar-refractivity contribution in [2.75, 3.05) is 7.11 Å². The molecule has 17 heavy (non-hydrogen) atoms. The molecule has 0 aliphatic carbocycles. The Bertz CT molecular complexity index is 531. The van der Waals surface area contributed by atoms with Gasteiger partial charge in [-0.3, -0.25) is 0 Å². The van der Waals surface area contributed by atoms with E-state index in [0.717, 1.165) is 11.8 Å². The summed E-state index contributed by atoms with van der Waals surface area (Å²) in [5, 5.41) is 0. The Balaban J connectivity index is 2.45. The van der Waals surface area contributed by atoms with E-state index >= 15 is 0 Å². The number of hydrogen-bond donors (Lipinski definition) is 0. The van der Waals surface area contributed by atoms with Crippen LogP contribution < -0.4 is 4.74 Å². The van der Waals surface area contributed by atoms with Gasteiger partial charge in [-0.1, -0.05) is 12.1 Å². The molecule has 1 aromatic heterocycles. The molecule has 2 rings (SSSR count). The number of carbonyl (C=O) groups excluding carboxylic acids is 1. The zero-order valence-corrected chi connectivity index (χ0v) is 9.77. The average Bonchev–Trinajstić information content (AvgIpc) is 2.71. The fourth-order valence-electron chi connectivity index (χ4n) is 1.63. The fourth-order valence-corrected chi connectivity index (χ4v) is 1.63. The van der Waals surface area contributed by atoms with E-state index in [2.05, 4.69) is 4.98 Å². The second-order valence-corrected chi connectivity index (χ2v) is 3.59. The number of para-hydroxylation sites is 1. The minimum absolute atomic E-state index is 0.268. The molecule has 2 aromatic rings. The van der Waals surface area contributed by atoms with Crippen LogP contribution in [0.4, 0.5) is 0 Å². The molecule has 0 atom stereocenters. The van der Waals surface area contributed by atoms with Crippen molar-refractivity contribution in [3.05, 3.63) is 35.7 Å². The predicted octanol–water partition coefficient (Wildman–Crippen LogP) is 2.40. The Hall–Kier alpha value is -2.10. The standard InChI is InChI=1S/C13H13NO3/c1-9-11(7-8-15)14-13(17-9)10-5-3-4-6-12(10)16-2/h3-6,8H,7H2,1-2H3. The number of benzene rings is 1. The van der Waals surface area contributed by atoms with Crippen molar-refractivity contribution in [3.8, 4) is 17.2 Å². The minimum Gasteiger partial charge on any atom is -0.496 e. The smallest absolute Gasteiger partial charge is 0.230 e. The van der Waals surface area contributed by atoms with Gasteiger partial charge in [0.15, 0.2) is 0 Å². The quantitative estimate of drug-likeness (QED) is 0.758. The molecule has 1 heterocycles. The zero-order chi connectivity index (χ0) is 12.3. The Morgan fingerprint density at radius 3 is 2.88 bits per heavy atom. The third-order valence-electron chi connectivity index (χ3n) is 2.51. The van der Waals surface area contributed by atoms with Gasteiger partial charge in [0.25, 0.3) is 0 Å². The van der Waals surface area contributed by atoms with Gasteiger partial charge in [0.05, 0.1) is 18.4 Å². The van der Waals surface area contributed by atoms with Gasteiger partial charge in [0.1, 0.15) is 17.8 Å². The van der Waals surface area contributed by atoms with Crippen LogP contribution in [0, 0.1) is 6.92 Å². The van der Waals surface area contributed by atoms with Crippen LogP contribution in [-0.2, 0) is 11.2 Å². The first-order valence-corrected chi connectivity index (χ1v) is 5.29. The van der Waals surface area contributed by atoms with Crippen LogP contribution in [0.25, 0.3) is 11.5 Å². The summed E-state index contributed by atoms with van der Waals surface area (Å²) < 4.78 is 10.8. The molecule has 0 aliphatic rings. The lowest BCUT2D eigenvalue weighted by Gasteiger charge is -2.03. The first-order chi connectivity index (χ1) is 8.26. The van der Waals surface area contributed by atoms with Crippen LogP contribution in [0.3, 0.4) is 0 Å². The van der Waals surface area contributed by atoms with Crippen LogP contribution in [0.5, 0.6) is 5.75 Å². The molecule has 0 fully saturated rings. The first kappa shape index (κ1) is 11.4. The van der Waals surface area contributed by atoms with Gasteiger partial charge >= 0.3 is 0 Å². The summed E-state index contributed by atoms with van der Waals surface area (Å²) in [6.45, 7) is 1.80. The van der Waals surface area contributed by atoms with Crippen molar-refractivity contribution < 1.29 is 13.9 Å². The summed E-state index contributed by atoms with van der Waals surface area (Å²) in [6, 6.07) is 7.48. The summed E-state index contributed by atoms with van der Waals surface area (Å²) in [6.07, 6.45) is 1.08. The third kappa shape index (κ3) is 2.20. The van der Waals surface area contributed by atoms with Gasteiger partial charge in [-0.15, -0.1) is 0 Å². The molecule has 4 heteroatoms. The van der Waals surface area contributed by atoms with Gasteiger partial charge in [-0.25, -0.2) is 4.98 Å². The van der Waals surface area contributed by atoms with Crippen molar-refractivity contribution in [1.29, 1.82) is 0 Å². The van der Waals surface area contributed by atoms with E-state index in [0.29, 0.717) is 23.1 Å². The second kappa shape index (κ2) is 4.82. The first-order valence-electron chi connectivity index (χ1n) is 5.29. The van der Waals surface area contributed by atoms with Crippen LogP contribution in [-0.4, -0.2) is 18.4 Å². The number of aldehydes is 1. The van der Waals surface area contributed by atoms with E-state index < -0.39 is 0 Å². The molecule has 0 bridgehead atoms. The highest BCUT2D eigenvalue weighted by Crippen LogP contribution is 2.30. The Kier molecular flexibility index (Phi) is 3.23.